The summed E-state index contributed by atoms with van der Waals surface area (Å²) in [7, 11) is -11.5. The second-order valence-corrected chi connectivity index (χ2v) is 40.4. The molecule has 0 saturated heterocycles. The Bertz CT molecular complexity index is 995. The van der Waals surface area contributed by atoms with Gasteiger partial charge >= 0.3 is 17.1 Å². The van der Waals surface area contributed by atoms with Gasteiger partial charge in [0.15, 0.2) is 33.3 Å². The van der Waals surface area contributed by atoms with Crippen LogP contribution in [0.25, 0.3) is 0 Å². The molecule has 0 unspecified atom stereocenters. The predicted octanol–water partition coefficient (Wildman–Crippen LogP) is 8.85. The summed E-state index contributed by atoms with van der Waals surface area (Å²) in [6.07, 6.45) is 3.76. The summed E-state index contributed by atoms with van der Waals surface area (Å²) >= 11 is 0. The fraction of sp³-hybridized carbons (Fsp3) is 0.714. The molecule has 0 aromatic heterocycles. The van der Waals surface area contributed by atoms with Crippen LogP contribution < -0.4 is 0 Å². The predicted molar refractivity (Wildman–Crippen MR) is 183 cm³/mol. The van der Waals surface area contributed by atoms with Gasteiger partial charge in [-0.2, -0.15) is 10.5 Å². The maximum atomic E-state index is 9.67. The molecule has 40 heavy (non-hydrogen) atoms. The highest BCUT2D eigenvalue weighted by Gasteiger charge is 2.39. The van der Waals surface area contributed by atoms with Gasteiger partial charge in [-0.25, -0.2) is 0 Å². The highest BCUT2D eigenvalue weighted by atomic mass is 28.5. The largest absolute Gasteiger partial charge is 0.437 e. The van der Waals surface area contributed by atoms with Crippen molar-refractivity contribution in [2.45, 2.75) is 129 Å². The zero-order valence-corrected chi connectivity index (χ0v) is 33.9. The van der Waals surface area contributed by atoms with Gasteiger partial charge in [0.25, 0.3) is 0 Å². The number of hydrogen-bond donors (Lipinski definition) is 0. The lowest BCUT2D eigenvalue weighted by Crippen LogP contribution is -2.51. The van der Waals surface area contributed by atoms with E-state index in [1.165, 1.54) is 11.1 Å². The molecule has 0 aliphatic heterocycles. The number of rotatable bonds is 16. The van der Waals surface area contributed by atoms with Crippen molar-refractivity contribution in [2.75, 3.05) is 0 Å². The van der Waals surface area contributed by atoms with Gasteiger partial charge in [-0.15, -0.1) is 0 Å². The lowest BCUT2D eigenvalue weighted by atomic mass is 9.94. The van der Waals surface area contributed by atoms with Crippen molar-refractivity contribution >= 4 is 50.4 Å². The minimum atomic E-state index is -2.18. The molecule has 0 saturated carbocycles. The second-order valence-electron chi connectivity index (χ2n) is 15.0. The van der Waals surface area contributed by atoms with Gasteiger partial charge in [-0.3, -0.25) is 0 Å². The first kappa shape index (κ1) is 37.4. The Hall–Kier alpha value is -0.659. The number of hydrogen-bond acceptors (Lipinski definition) is 6. The van der Waals surface area contributed by atoms with Gasteiger partial charge in [-0.1, -0.05) is 0 Å². The first-order chi connectivity index (χ1) is 17.9. The van der Waals surface area contributed by atoms with E-state index in [1.807, 2.05) is 12.1 Å². The Labute approximate surface area is 252 Å². The maximum absolute atomic E-state index is 9.67. The van der Waals surface area contributed by atoms with Crippen LogP contribution in [0.2, 0.25) is 104 Å². The van der Waals surface area contributed by atoms with Crippen LogP contribution in [0.5, 0.6) is 0 Å². The van der Waals surface area contributed by atoms with E-state index >= 15 is 0 Å². The van der Waals surface area contributed by atoms with Crippen LogP contribution in [0.1, 0.15) is 35.1 Å². The molecular weight excluding hydrogens is 597 g/mol. The monoisotopic (exact) mass is 652 g/mol. The first-order valence-corrected chi connectivity index (χ1v) is 33.3. The third-order valence-electron chi connectivity index (χ3n) is 6.18. The lowest BCUT2D eigenvalue weighted by molar-refractivity contribution is 0.389. The van der Waals surface area contributed by atoms with E-state index in [1.54, 1.807) is 0 Å². The van der Waals surface area contributed by atoms with Gasteiger partial charge < -0.3 is 16.5 Å². The van der Waals surface area contributed by atoms with Crippen LogP contribution in [-0.4, -0.2) is 50.4 Å². The molecule has 0 atom stereocenters. The molecule has 1 aromatic rings. The minimum Gasteiger partial charge on any atom is -0.437 e. The molecule has 0 aliphatic carbocycles. The van der Waals surface area contributed by atoms with Crippen molar-refractivity contribution in [3.8, 4) is 12.1 Å². The Balaban J connectivity index is 2.96. The summed E-state index contributed by atoms with van der Waals surface area (Å²) in [5.41, 5.74) is 3.32. The van der Waals surface area contributed by atoms with Crippen LogP contribution in [0, 0.1) is 22.7 Å². The summed E-state index contributed by atoms with van der Waals surface area (Å²) in [5, 5.41) is 19.3. The summed E-state index contributed by atoms with van der Waals surface area (Å²) in [6.45, 7) is 31.2. The number of nitriles is 2. The van der Waals surface area contributed by atoms with Crippen molar-refractivity contribution in [1.82, 2.24) is 0 Å². The molecule has 0 spiro atoms. The normalized spacial score (nSPS) is 13.7. The molecule has 226 valence electrons. The molecule has 1 aromatic carbocycles. The number of aryl methyl sites for hydroxylation is 2. The zero-order valence-electron chi connectivity index (χ0n) is 27.9. The topological polar surface area (TPSA) is 84.5 Å². The van der Waals surface area contributed by atoms with Crippen LogP contribution >= 0.6 is 0 Å². The number of benzene rings is 1. The van der Waals surface area contributed by atoms with E-state index in [9.17, 15) is 10.5 Å². The highest BCUT2D eigenvalue weighted by molar-refractivity contribution is 6.88. The molecule has 0 radical (unpaired) electrons. The Morgan fingerprint density at radius 3 is 1.07 bits per heavy atom. The molecule has 6 nitrogen and oxygen atoms in total. The highest BCUT2D eigenvalue weighted by Crippen LogP contribution is 2.28. The van der Waals surface area contributed by atoms with E-state index in [4.69, 9.17) is 16.5 Å². The molecule has 12 heteroatoms. The van der Waals surface area contributed by atoms with Crippen molar-refractivity contribution in [3.63, 3.8) is 0 Å². The second kappa shape index (κ2) is 14.2. The fourth-order valence-electron chi connectivity index (χ4n) is 5.70. The van der Waals surface area contributed by atoms with E-state index in [-0.39, 0.29) is 0 Å². The summed E-state index contributed by atoms with van der Waals surface area (Å²) in [6, 6.07) is 10.4. The quantitative estimate of drug-likeness (QED) is 0.166. The molecule has 0 amide bonds. The van der Waals surface area contributed by atoms with E-state index in [0.29, 0.717) is 11.1 Å². The Morgan fingerprint density at radius 1 is 0.525 bits per heavy atom. The summed E-state index contributed by atoms with van der Waals surface area (Å²) in [4.78, 5) is 0. The average Bonchev–Trinajstić information content (AvgIpc) is 2.68. The van der Waals surface area contributed by atoms with E-state index in [0.717, 1.165) is 37.8 Å². The molecule has 0 aliphatic rings. The SMILES string of the molecule is C[Si](C)(C)O[Si](C)(C)O[Si](C)(C)CCCc1cc(C#N)c(C#N)cc1CCC[Si](C)(C)O[Si](C)(C)O[Si](C)(C)C. The van der Waals surface area contributed by atoms with Crippen molar-refractivity contribution in [1.29, 1.82) is 10.5 Å². The van der Waals surface area contributed by atoms with Crippen LogP contribution in [0.4, 0.5) is 0 Å². The van der Waals surface area contributed by atoms with Gasteiger partial charge in [0.2, 0.25) is 0 Å². The van der Waals surface area contributed by atoms with Crippen molar-refractivity contribution in [3.05, 3.63) is 34.4 Å². The molecule has 0 fully saturated rings. The van der Waals surface area contributed by atoms with E-state index in [2.05, 4.69) is 104 Å². The standard InChI is InChI=1S/C28H56N2O4Si6/c1-35(2,3)31-39(11,12)33-37(7,8)19-15-17-25-21-27(23-29)28(24-30)22-26(25)18-16-20-38(9,10)34-40(13,14)32-36(4,5)6/h21-22H,15-20H2,1-14H3. The molecular formula is C28H56N2O4Si6. The average molecular weight is 653 g/mol. The smallest absolute Gasteiger partial charge is 0.311 e. The molecule has 1 rings (SSSR count). The minimum absolute atomic E-state index is 0.473. The summed E-state index contributed by atoms with van der Waals surface area (Å²) < 4.78 is 26.3. The van der Waals surface area contributed by atoms with Gasteiger partial charge in [0.05, 0.1) is 11.1 Å². The number of nitrogens with zero attached hydrogens (tertiary/aromatic N) is 2. The molecule has 0 bridgehead atoms. The maximum Gasteiger partial charge on any atom is 0.311 e. The Kier molecular flexibility index (Phi) is 13.3. The van der Waals surface area contributed by atoms with Crippen LogP contribution in [0.15, 0.2) is 12.1 Å². The van der Waals surface area contributed by atoms with Crippen LogP contribution in [0.3, 0.4) is 0 Å². The van der Waals surface area contributed by atoms with Gasteiger partial charge in [-0.05, 0) is 153 Å². The third kappa shape index (κ3) is 15.0. The zero-order chi connectivity index (χ0) is 31.2. The van der Waals surface area contributed by atoms with Gasteiger partial charge in [0, 0.05) is 0 Å². The van der Waals surface area contributed by atoms with Crippen molar-refractivity contribution < 1.29 is 16.5 Å². The van der Waals surface area contributed by atoms with E-state index < -0.39 is 50.4 Å². The van der Waals surface area contributed by atoms with Gasteiger partial charge in [0.1, 0.15) is 12.1 Å². The summed E-state index contributed by atoms with van der Waals surface area (Å²) in [5.74, 6) is 0. The first-order valence-electron chi connectivity index (χ1n) is 14.6. The Morgan fingerprint density at radius 2 is 0.825 bits per heavy atom. The van der Waals surface area contributed by atoms with Crippen LogP contribution in [-0.2, 0) is 29.3 Å². The third-order valence-corrected chi connectivity index (χ3v) is 26.5. The van der Waals surface area contributed by atoms with Crippen molar-refractivity contribution in [2.24, 2.45) is 0 Å². The fourth-order valence-corrected chi connectivity index (χ4v) is 32.1. The molecule has 0 N–H and O–H groups in total. The lowest BCUT2D eigenvalue weighted by Gasteiger charge is -2.37. The molecule has 0 heterocycles.